The van der Waals surface area contributed by atoms with Gasteiger partial charge in [-0.2, -0.15) is 4.31 Å². The summed E-state index contributed by atoms with van der Waals surface area (Å²) in [5.41, 5.74) is 4.06. The average molecular weight is 405 g/mol. The largest absolute Gasteiger partial charge is 0.368 e. The Morgan fingerprint density at radius 2 is 1.59 bits per heavy atom. The normalized spacial score (nSPS) is 26.0. The molecule has 2 aliphatic heterocycles. The number of fused-ring (bicyclic) bond motifs is 3. The van der Waals surface area contributed by atoms with Crippen LogP contribution in [0.15, 0.2) is 83.8 Å². The van der Waals surface area contributed by atoms with Gasteiger partial charge in [-0.25, -0.2) is 8.42 Å². The number of hydrogen-bond donors (Lipinski definition) is 1. The molecular formula is C24H24N2O2S. The number of hydrogen-bond acceptors (Lipinski definition) is 3. The van der Waals surface area contributed by atoms with Crippen LogP contribution >= 0.6 is 0 Å². The van der Waals surface area contributed by atoms with Gasteiger partial charge in [0.15, 0.2) is 0 Å². The molecule has 3 atom stereocenters. The van der Waals surface area contributed by atoms with E-state index in [1.807, 2.05) is 55.5 Å². The molecule has 5 heteroatoms. The van der Waals surface area contributed by atoms with Gasteiger partial charge in [-0.3, -0.25) is 0 Å². The van der Waals surface area contributed by atoms with Crippen LogP contribution in [0.1, 0.15) is 29.5 Å². The average Bonchev–Trinajstić information content (AvgIpc) is 3.19. The first-order valence-corrected chi connectivity index (χ1v) is 11.4. The summed E-state index contributed by atoms with van der Waals surface area (Å²) in [6, 6.07) is 25.6. The summed E-state index contributed by atoms with van der Waals surface area (Å²) >= 11 is 0. The van der Waals surface area contributed by atoms with E-state index in [9.17, 15) is 8.42 Å². The lowest BCUT2D eigenvalue weighted by Crippen LogP contribution is -2.45. The highest BCUT2D eigenvalue weighted by atomic mass is 32.2. The summed E-state index contributed by atoms with van der Waals surface area (Å²) in [5.74, 6) is 0.0603. The number of para-hydroxylation sites is 1. The fourth-order valence-electron chi connectivity index (χ4n) is 4.97. The Balaban J connectivity index is 1.66. The first-order chi connectivity index (χ1) is 13.9. The molecule has 2 heterocycles. The van der Waals surface area contributed by atoms with Crippen molar-refractivity contribution in [3.05, 3.63) is 95.6 Å². The molecule has 2 aliphatic rings. The van der Waals surface area contributed by atoms with Crippen molar-refractivity contribution >= 4 is 15.7 Å². The number of anilines is 1. The summed E-state index contributed by atoms with van der Waals surface area (Å²) in [7, 11) is -3.64. The van der Waals surface area contributed by atoms with Gasteiger partial charge >= 0.3 is 0 Å². The van der Waals surface area contributed by atoms with Crippen LogP contribution in [0.4, 0.5) is 5.69 Å². The standard InChI is InChI=1S/C24H24N2O2S/c1-17-12-14-19(15-13-17)29(27,28)26-16-21(18-8-4-3-5-9-18)24(2)20-10-6-7-11-22(20)25-23(24)26/h3-15,21,23,25H,16H2,1-2H3/t21-,23-,24+/m0/s1. The molecule has 5 rings (SSSR count). The van der Waals surface area contributed by atoms with Gasteiger partial charge in [-0.15, -0.1) is 0 Å². The number of rotatable bonds is 3. The second-order valence-electron chi connectivity index (χ2n) is 8.23. The van der Waals surface area contributed by atoms with Crippen LogP contribution in [-0.4, -0.2) is 25.4 Å². The lowest BCUT2D eigenvalue weighted by Gasteiger charge is -2.32. The molecule has 0 amide bonds. The van der Waals surface area contributed by atoms with Crippen molar-refractivity contribution in [1.82, 2.24) is 4.31 Å². The maximum Gasteiger partial charge on any atom is 0.244 e. The first-order valence-electron chi connectivity index (χ1n) is 9.92. The molecule has 1 fully saturated rings. The minimum Gasteiger partial charge on any atom is -0.368 e. The van der Waals surface area contributed by atoms with Crippen molar-refractivity contribution in [2.75, 3.05) is 11.9 Å². The van der Waals surface area contributed by atoms with E-state index in [4.69, 9.17) is 0 Å². The predicted molar refractivity (Wildman–Crippen MR) is 115 cm³/mol. The zero-order valence-corrected chi connectivity index (χ0v) is 17.4. The number of nitrogens with zero attached hydrogens (tertiary/aromatic N) is 1. The monoisotopic (exact) mass is 404 g/mol. The number of benzene rings is 3. The smallest absolute Gasteiger partial charge is 0.244 e. The van der Waals surface area contributed by atoms with Crippen molar-refractivity contribution < 1.29 is 8.42 Å². The van der Waals surface area contributed by atoms with Gasteiger partial charge in [0.05, 0.1) is 4.90 Å². The second-order valence-corrected chi connectivity index (χ2v) is 10.1. The molecular weight excluding hydrogens is 380 g/mol. The van der Waals surface area contributed by atoms with Crippen LogP contribution < -0.4 is 5.32 Å². The molecule has 3 aromatic rings. The minimum atomic E-state index is -3.64. The van der Waals surface area contributed by atoms with Gasteiger partial charge < -0.3 is 5.32 Å². The quantitative estimate of drug-likeness (QED) is 0.700. The molecule has 0 spiro atoms. The lowest BCUT2D eigenvalue weighted by molar-refractivity contribution is 0.354. The SMILES string of the molecule is Cc1ccc(S(=O)(=O)N2C[C@@H](c3ccccc3)[C@@]3(C)c4ccccc4N[C@@H]23)cc1. The van der Waals surface area contributed by atoms with Crippen molar-refractivity contribution in [2.24, 2.45) is 0 Å². The van der Waals surface area contributed by atoms with E-state index < -0.39 is 10.0 Å². The summed E-state index contributed by atoms with van der Waals surface area (Å²) in [5, 5.41) is 3.52. The van der Waals surface area contributed by atoms with Gasteiger partial charge in [0, 0.05) is 23.6 Å². The van der Waals surface area contributed by atoms with E-state index >= 15 is 0 Å². The number of aryl methyl sites for hydroxylation is 1. The minimum absolute atomic E-state index is 0.0603. The van der Waals surface area contributed by atoms with Gasteiger partial charge in [-0.05, 0) is 36.2 Å². The Morgan fingerprint density at radius 1 is 0.931 bits per heavy atom. The topological polar surface area (TPSA) is 49.4 Å². The lowest BCUT2D eigenvalue weighted by atomic mass is 9.71. The number of sulfonamides is 1. The third kappa shape index (κ3) is 2.65. The molecule has 0 bridgehead atoms. The highest BCUT2D eigenvalue weighted by Gasteiger charge is 2.59. The summed E-state index contributed by atoms with van der Waals surface area (Å²) in [6.45, 7) is 4.60. The third-order valence-corrected chi connectivity index (χ3v) is 8.42. The van der Waals surface area contributed by atoms with Crippen LogP contribution in [-0.2, 0) is 15.4 Å². The molecule has 1 saturated heterocycles. The van der Waals surface area contributed by atoms with Gasteiger partial charge in [-0.1, -0.05) is 73.2 Å². The summed E-state index contributed by atoms with van der Waals surface area (Å²) in [4.78, 5) is 0.344. The van der Waals surface area contributed by atoms with Crippen LogP contribution in [0.3, 0.4) is 0 Å². The molecule has 0 aliphatic carbocycles. The summed E-state index contributed by atoms with van der Waals surface area (Å²) in [6.07, 6.45) is -0.323. The zero-order chi connectivity index (χ0) is 20.2. The molecule has 29 heavy (non-hydrogen) atoms. The molecule has 4 nitrogen and oxygen atoms in total. The van der Waals surface area contributed by atoms with E-state index in [2.05, 4.69) is 30.4 Å². The van der Waals surface area contributed by atoms with E-state index in [1.165, 1.54) is 11.1 Å². The Kier molecular flexibility index (Phi) is 4.09. The molecule has 1 N–H and O–H groups in total. The van der Waals surface area contributed by atoms with Crippen molar-refractivity contribution in [3.8, 4) is 0 Å². The fraction of sp³-hybridized carbons (Fsp3) is 0.250. The Bertz CT molecular complexity index is 1160. The van der Waals surface area contributed by atoms with E-state index in [0.29, 0.717) is 11.4 Å². The van der Waals surface area contributed by atoms with Crippen LogP contribution in [0.25, 0.3) is 0 Å². The van der Waals surface area contributed by atoms with E-state index in [1.54, 1.807) is 16.4 Å². The van der Waals surface area contributed by atoms with E-state index in [-0.39, 0.29) is 17.5 Å². The second kappa shape index (κ2) is 6.44. The summed E-state index contributed by atoms with van der Waals surface area (Å²) < 4.78 is 29.0. The Labute approximate surface area is 172 Å². The fourth-order valence-corrected chi connectivity index (χ4v) is 6.61. The Hall–Kier alpha value is -2.63. The molecule has 0 aromatic heterocycles. The molecule has 3 aromatic carbocycles. The van der Waals surface area contributed by atoms with Crippen molar-refractivity contribution in [3.63, 3.8) is 0 Å². The van der Waals surface area contributed by atoms with Crippen LogP contribution in [0, 0.1) is 6.92 Å². The predicted octanol–water partition coefficient (Wildman–Crippen LogP) is 4.49. The van der Waals surface area contributed by atoms with Crippen LogP contribution in [0.2, 0.25) is 0 Å². The van der Waals surface area contributed by atoms with Crippen molar-refractivity contribution in [2.45, 2.75) is 36.2 Å². The first kappa shape index (κ1) is 18.4. The van der Waals surface area contributed by atoms with Gasteiger partial charge in [0.2, 0.25) is 10.0 Å². The van der Waals surface area contributed by atoms with E-state index in [0.717, 1.165) is 11.3 Å². The maximum absolute atomic E-state index is 13.6. The number of nitrogens with one attached hydrogen (secondary N) is 1. The van der Waals surface area contributed by atoms with Gasteiger partial charge in [0.1, 0.15) is 6.17 Å². The van der Waals surface area contributed by atoms with Crippen LogP contribution in [0.5, 0.6) is 0 Å². The molecule has 0 unspecified atom stereocenters. The van der Waals surface area contributed by atoms with Crippen molar-refractivity contribution in [1.29, 1.82) is 0 Å². The van der Waals surface area contributed by atoms with Gasteiger partial charge in [0.25, 0.3) is 0 Å². The zero-order valence-electron chi connectivity index (χ0n) is 16.5. The molecule has 0 saturated carbocycles. The maximum atomic E-state index is 13.6. The Morgan fingerprint density at radius 3 is 2.31 bits per heavy atom. The molecule has 0 radical (unpaired) electrons. The highest BCUT2D eigenvalue weighted by Crippen LogP contribution is 2.56. The highest BCUT2D eigenvalue weighted by molar-refractivity contribution is 7.89. The molecule has 148 valence electrons. The third-order valence-electron chi connectivity index (χ3n) is 6.57.